The molecule has 2 aliphatic heterocycles. The third-order valence-electron chi connectivity index (χ3n) is 10.1. The Morgan fingerprint density at radius 1 is 0.915 bits per heavy atom. The van der Waals surface area contributed by atoms with E-state index in [0.717, 1.165) is 29.0 Å². The van der Waals surface area contributed by atoms with Gasteiger partial charge in [-0.3, -0.25) is 24.1 Å². The fourth-order valence-electron chi connectivity index (χ4n) is 7.82. The number of allylic oxidation sites excluding steroid dienone is 2. The third-order valence-corrected chi connectivity index (χ3v) is 11.8. The van der Waals surface area contributed by atoms with Gasteiger partial charge >= 0.3 is 0 Å². The number of amides is 4. The van der Waals surface area contributed by atoms with Crippen molar-refractivity contribution in [2.75, 3.05) is 16.9 Å². The van der Waals surface area contributed by atoms with E-state index in [1.807, 2.05) is 19.1 Å². The van der Waals surface area contributed by atoms with Gasteiger partial charge in [-0.15, -0.1) is 23.2 Å². The number of phenolic OH excluding ortho intramolecular Hbond substituents is 1. The van der Waals surface area contributed by atoms with Gasteiger partial charge in [-0.2, -0.15) is 0 Å². The number of methoxy groups -OCH3 is 1. The lowest BCUT2D eigenvalue weighted by Crippen LogP contribution is -2.60. The zero-order valence-electron chi connectivity index (χ0n) is 25.2. The highest BCUT2D eigenvalue weighted by Crippen LogP contribution is 2.66. The standard InChI is InChI=1S/C35H28Cl3FN2O6/c1-3-17-4-8-20(9-5-17)40-30(43)23-13-12-22-24(27(23)31(40)44)16-34(37)32(45)41(21-10-6-19(39)7-11-21)33(46)35(34,38)28(22)18-14-25(36)29(42)26(15-18)47-2/h4-12,14-15,23-24,27-28,42H,3,13,16H2,1-2H3. The Morgan fingerprint density at radius 3 is 2.19 bits per heavy atom. The first-order valence-electron chi connectivity index (χ1n) is 15.1. The first-order chi connectivity index (χ1) is 22.4. The van der Waals surface area contributed by atoms with Crippen LogP contribution in [0.4, 0.5) is 15.8 Å². The number of fused-ring (bicyclic) bond motifs is 4. The van der Waals surface area contributed by atoms with Gasteiger partial charge in [0.1, 0.15) is 5.82 Å². The van der Waals surface area contributed by atoms with Crippen molar-refractivity contribution in [3.05, 3.63) is 94.3 Å². The number of halogens is 4. The van der Waals surface area contributed by atoms with Gasteiger partial charge in [0, 0.05) is 5.92 Å². The van der Waals surface area contributed by atoms with E-state index in [1.54, 1.807) is 18.2 Å². The Kier molecular flexibility index (Phi) is 7.46. The second-order valence-corrected chi connectivity index (χ2v) is 14.0. The maximum absolute atomic E-state index is 14.5. The molecule has 4 aliphatic rings. The van der Waals surface area contributed by atoms with Crippen molar-refractivity contribution >= 4 is 69.8 Å². The van der Waals surface area contributed by atoms with Crippen LogP contribution in [0.15, 0.2) is 72.3 Å². The van der Waals surface area contributed by atoms with E-state index in [9.17, 15) is 28.7 Å². The molecule has 2 saturated heterocycles. The molecule has 6 atom stereocenters. The van der Waals surface area contributed by atoms with Gasteiger partial charge in [-0.1, -0.05) is 42.3 Å². The molecule has 12 heteroatoms. The molecule has 2 aliphatic carbocycles. The molecule has 242 valence electrons. The fourth-order valence-corrected chi connectivity index (χ4v) is 8.98. The number of anilines is 2. The van der Waals surface area contributed by atoms with Gasteiger partial charge in [0.2, 0.25) is 11.8 Å². The predicted molar refractivity (Wildman–Crippen MR) is 175 cm³/mol. The average Bonchev–Trinajstić information content (AvgIpc) is 3.40. The van der Waals surface area contributed by atoms with Crippen molar-refractivity contribution in [3.8, 4) is 11.5 Å². The first-order valence-corrected chi connectivity index (χ1v) is 16.3. The van der Waals surface area contributed by atoms with E-state index in [1.165, 1.54) is 36.3 Å². The molecule has 4 amide bonds. The van der Waals surface area contributed by atoms with Gasteiger partial charge in [-0.05, 0) is 84.8 Å². The number of benzene rings is 3. The van der Waals surface area contributed by atoms with Crippen LogP contribution in [-0.2, 0) is 25.6 Å². The van der Waals surface area contributed by atoms with Crippen LogP contribution in [0.2, 0.25) is 5.02 Å². The number of hydrogen-bond acceptors (Lipinski definition) is 6. The highest BCUT2D eigenvalue weighted by Gasteiger charge is 2.76. The van der Waals surface area contributed by atoms with Crippen molar-refractivity contribution in [1.29, 1.82) is 0 Å². The van der Waals surface area contributed by atoms with Crippen LogP contribution in [0, 0.1) is 23.6 Å². The third kappa shape index (κ3) is 4.32. The molecule has 3 aromatic carbocycles. The molecule has 7 rings (SSSR count). The van der Waals surface area contributed by atoms with Crippen molar-refractivity contribution < 1.29 is 33.4 Å². The number of aryl methyl sites for hydroxylation is 1. The van der Waals surface area contributed by atoms with E-state index < -0.39 is 57.0 Å². The van der Waals surface area contributed by atoms with Crippen LogP contribution in [0.1, 0.15) is 36.8 Å². The number of carbonyl (C=O) groups excluding carboxylic acids is 4. The molecule has 0 aromatic heterocycles. The lowest BCUT2D eigenvalue weighted by molar-refractivity contribution is -0.125. The SMILES string of the molecule is CCc1ccc(N2C(=O)C3CC=C4C(CC5(Cl)C(=O)N(c6ccc(F)cc6)C(=O)C5(Cl)C4c4cc(Cl)c(O)c(OC)c4)C3C2=O)cc1. The van der Waals surface area contributed by atoms with E-state index in [2.05, 4.69) is 0 Å². The van der Waals surface area contributed by atoms with Gasteiger partial charge in [0.15, 0.2) is 21.2 Å². The van der Waals surface area contributed by atoms with Crippen molar-refractivity contribution in [2.24, 2.45) is 17.8 Å². The van der Waals surface area contributed by atoms with Crippen molar-refractivity contribution in [3.63, 3.8) is 0 Å². The fraction of sp³-hybridized carbons (Fsp3) is 0.314. The molecule has 1 saturated carbocycles. The number of aromatic hydroxyl groups is 1. The zero-order chi connectivity index (χ0) is 33.6. The Bertz CT molecular complexity index is 1900. The summed E-state index contributed by atoms with van der Waals surface area (Å²) in [6.45, 7) is 2.00. The van der Waals surface area contributed by atoms with Crippen LogP contribution in [0.5, 0.6) is 11.5 Å². The Morgan fingerprint density at radius 2 is 1.55 bits per heavy atom. The largest absolute Gasteiger partial charge is 0.503 e. The number of imide groups is 2. The lowest BCUT2D eigenvalue weighted by atomic mass is 9.56. The van der Waals surface area contributed by atoms with Crippen molar-refractivity contribution in [2.45, 2.75) is 41.9 Å². The smallest absolute Gasteiger partial charge is 0.258 e. The summed E-state index contributed by atoms with van der Waals surface area (Å²) in [7, 11) is 1.33. The van der Waals surface area contributed by atoms with E-state index in [4.69, 9.17) is 39.5 Å². The molecule has 0 radical (unpaired) electrons. The zero-order valence-corrected chi connectivity index (χ0v) is 27.4. The van der Waals surface area contributed by atoms with E-state index in [0.29, 0.717) is 16.8 Å². The highest BCUT2D eigenvalue weighted by molar-refractivity contribution is 6.58. The molecule has 47 heavy (non-hydrogen) atoms. The summed E-state index contributed by atoms with van der Waals surface area (Å²) in [6, 6.07) is 14.9. The van der Waals surface area contributed by atoms with Gasteiger partial charge in [0.05, 0.1) is 35.3 Å². The minimum absolute atomic E-state index is 0.00895. The predicted octanol–water partition coefficient (Wildman–Crippen LogP) is 6.52. The average molecular weight is 698 g/mol. The van der Waals surface area contributed by atoms with Gasteiger partial charge < -0.3 is 9.84 Å². The normalized spacial score (nSPS) is 29.9. The number of ether oxygens (including phenoxy) is 1. The number of rotatable bonds is 5. The molecule has 0 spiro atoms. The second kappa shape index (κ2) is 11.1. The molecule has 8 nitrogen and oxygen atoms in total. The monoisotopic (exact) mass is 696 g/mol. The maximum atomic E-state index is 14.5. The number of carbonyl (C=O) groups is 4. The second-order valence-electron chi connectivity index (χ2n) is 12.3. The van der Waals surface area contributed by atoms with Crippen LogP contribution in [0.3, 0.4) is 0 Å². The summed E-state index contributed by atoms with van der Waals surface area (Å²) in [5, 5.41) is 10.4. The summed E-state index contributed by atoms with van der Waals surface area (Å²) >= 11 is 21.2. The molecule has 0 bridgehead atoms. The summed E-state index contributed by atoms with van der Waals surface area (Å²) in [5.74, 6) is -6.95. The maximum Gasteiger partial charge on any atom is 0.258 e. The summed E-state index contributed by atoms with van der Waals surface area (Å²) in [5.41, 5.74) is 2.42. The minimum Gasteiger partial charge on any atom is -0.503 e. The van der Waals surface area contributed by atoms with Crippen LogP contribution >= 0.6 is 34.8 Å². The van der Waals surface area contributed by atoms with Gasteiger partial charge in [0.25, 0.3) is 11.8 Å². The lowest BCUT2D eigenvalue weighted by Gasteiger charge is -2.50. The minimum atomic E-state index is -2.15. The Labute approximate surface area is 284 Å². The molecule has 3 aromatic rings. The van der Waals surface area contributed by atoms with Gasteiger partial charge in [-0.25, -0.2) is 9.29 Å². The van der Waals surface area contributed by atoms with E-state index >= 15 is 0 Å². The molecule has 6 unspecified atom stereocenters. The molecular formula is C35H28Cl3FN2O6. The summed E-state index contributed by atoms with van der Waals surface area (Å²) in [4.78, 5) is 54.8. The highest BCUT2D eigenvalue weighted by atomic mass is 35.5. The first kappa shape index (κ1) is 31.7. The number of phenols is 1. The number of hydrogen-bond donors (Lipinski definition) is 1. The van der Waals surface area contributed by atoms with Crippen LogP contribution < -0.4 is 14.5 Å². The summed E-state index contributed by atoms with van der Waals surface area (Å²) < 4.78 is 19.2. The summed E-state index contributed by atoms with van der Waals surface area (Å²) in [6.07, 6.45) is 2.54. The van der Waals surface area contributed by atoms with Crippen molar-refractivity contribution in [1.82, 2.24) is 0 Å². The Balaban J connectivity index is 1.40. The Hall–Kier alpha value is -3.92. The number of alkyl halides is 2. The topological polar surface area (TPSA) is 104 Å². The van der Waals surface area contributed by atoms with Crippen LogP contribution in [0.25, 0.3) is 0 Å². The molecule has 1 N–H and O–H groups in total. The quantitative estimate of drug-likeness (QED) is 0.185. The molecule has 2 heterocycles. The molecular weight excluding hydrogens is 670 g/mol. The number of nitrogens with zero attached hydrogens (tertiary/aromatic N) is 2. The molecule has 3 fully saturated rings. The van der Waals surface area contributed by atoms with Crippen LogP contribution in [-0.4, -0.2) is 45.6 Å². The van der Waals surface area contributed by atoms with E-state index in [-0.39, 0.29) is 41.0 Å².